The van der Waals surface area contributed by atoms with Crippen molar-refractivity contribution in [2.45, 2.75) is 63.6 Å². The number of carbonyl (C=O) groups excluding carboxylic acids is 1. The summed E-state index contributed by atoms with van der Waals surface area (Å²) in [5.41, 5.74) is 0. The first kappa shape index (κ1) is 15.0. The Kier molecular flexibility index (Phi) is 4.01. The van der Waals surface area contributed by atoms with Crippen molar-refractivity contribution in [2.24, 2.45) is 0 Å². The van der Waals surface area contributed by atoms with Crippen molar-refractivity contribution in [3.05, 3.63) is 17.8 Å². The molecule has 0 radical (unpaired) electrons. The number of nitrogens with one attached hydrogen (secondary N) is 1. The average Bonchev–Trinajstić information content (AvgIpc) is 2.96. The molecule has 3 heterocycles. The summed E-state index contributed by atoms with van der Waals surface area (Å²) in [6.45, 7) is 5.80. The summed E-state index contributed by atoms with van der Waals surface area (Å²) in [6, 6.07) is 0.853. The van der Waals surface area contributed by atoms with E-state index in [-0.39, 0.29) is 6.03 Å². The number of rotatable bonds is 4. The molecule has 1 N–H and O–H groups in total. The molecule has 6 heteroatoms. The zero-order valence-electron chi connectivity index (χ0n) is 13.8. The van der Waals surface area contributed by atoms with E-state index in [1.807, 2.05) is 4.90 Å². The molecule has 2 aliphatic heterocycles. The molecule has 6 nitrogen and oxygen atoms in total. The summed E-state index contributed by atoms with van der Waals surface area (Å²) in [4.78, 5) is 21.3. The zero-order valence-corrected chi connectivity index (χ0v) is 13.8. The van der Waals surface area contributed by atoms with Gasteiger partial charge in [0.15, 0.2) is 5.89 Å². The van der Waals surface area contributed by atoms with E-state index < -0.39 is 0 Å². The molecule has 3 fully saturated rings. The minimum atomic E-state index is 0.0172. The number of hydrogen-bond donors (Lipinski definition) is 1. The first-order valence-electron chi connectivity index (χ1n) is 8.94. The van der Waals surface area contributed by atoms with E-state index in [9.17, 15) is 4.79 Å². The number of aromatic nitrogens is 1. The Morgan fingerprint density at radius 2 is 2.17 bits per heavy atom. The summed E-state index contributed by atoms with van der Waals surface area (Å²) in [6.07, 6.45) is 7.78. The van der Waals surface area contributed by atoms with Crippen LogP contribution in [0, 0.1) is 0 Å². The monoisotopic (exact) mass is 318 g/mol. The molecule has 126 valence electrons. The lowest BCUT2D eigenvalue weighted by molar-refractivity contribution is 0.188. The molecule has 1 aromatic heterocycles. The van der Waals surface area contributed by atoms with E-state index in [0.29, 0.717) is 24.5 Å². The minimum absolute atomic E-state index is 0.0172. The van der Waals surface area contributed by atoms with E-state index in [1.165, 1.54) is 38.8 Å². The van der Waals surface area contributed by atoms with Gasteiger partial charge in [0.25, 0.3) is 0 Å². The van der Waals surface area contributed by atoms with Gasteiger partial charge in [-0.15, -0.1) is 0 Å². The molecule has 1 saturated carbocycles. The molecule has 0 unspecified atom stereocenters. The minimum Gasteiger partial charge on any atom is -0.444 e. The Morgan fingerprint density at radius 1 is 1.39 bits per heavy atom. The van der Waals surface area contributed by atoms with Crippen molar-refractivity contribution in [3.63, 3.8) is 0 Å². The van der Waals surface area contributed by atoms with Gasteiger partial charge >= 0.3 is 6.03 Å². The highest BCUT2D eigenvalue weighted by Gasteiger charge is 2.36. The molecule has 23 heavy (non-hydrogen) atoms. The molecule has 2 amide bonds. The van der Waals surface area contributed by atoms with E-state index >= 15 is 0 Å². The maximum Gasteiger partial charge on any atom is 0.318 e. The standard InChI is InChI=1S/C17H26N4O2/c1-12-8-14(20-6-2-3-7-20)11-21(12)17(22)19-10-15-9-18-16(23-15)13-4-5-13/h9,12-14H,2-8,10-11H2,1H3,(H,19,22)/t12-,14-/m1/s1. The normalized spacial score (nSPS) is 28.5. The third-order valence-electron chi connectivity index (χ3n) is 5.38. The summed E-state index contributed by atoms with van der Waals surface area (Å²) < 4.78 is 5.70. The van der Waals surface area contributed by atoms with Gasteiger partial charge in [0.2, 0.25) is 0 Å². The molecule has 2 saturated heterocycles. The summed E-state index contributed by atoms with van der Waals surface area (Å²) >= 11 is 0. The lowest BCUT2D eigenvalue weighted by Gasteiger charge is -2.24. The Hall–Kier alpha value is -1.56. The van der Waals surface area contributed by atoms with Crippen LogP contribution in [-0.2, 0) is 6.54 Å². The molecule has 2 atom stereocenters. The predicted octanol–water partition coefficient (Wildman–Crippen LogP) is 2.32. The fraction of sp³-hybridized carbons (Fsp3) is 0.765. The van der Waals surface area contributed by atoms with Crippen molar-refractivity contribution >= 4 is 6.03 Å². The van der Waals surface area contributed by atoms with Crippen LogP contribution >= 0.6 is 0 Å². The van der Waals surface area contributed by atoms with Gasteiger partial charge in [0, 0.05) is 24.5 Å². The van der Waals surface area contributed by atoms with Gasteiger partial charge in [0.05, 0.1) is 12.7 Å². The van der Waals surface area contributed by atoms with Crippen LogP contribution in [0.15, 0.2) is 10.6 Å². The van der Waals surface area contributed by atoms with Gasteiger partial charge < -0.3 is 14.6 Å². The van der Waals surface area contributed by atoms with Crippen LogP contribution in [0.5, 0.6) is 0 Å². The van der Waals surface area contributed by atoms with Crippen LogP contribution in [0.1, 0.15) is 56.6 Å². The van der Waals surface area contributed by atoms with Gasteiger partial charge in [0.1, 0.15) is 5.76 Å². The Balaban J connectivity index is 1.29. The molecular formula is C17H26N4O2. The Morgan fingerprint density at radius 3 is 2.91 bits per heavy atom. The van der Waals surface area contributed by atoms with Crippen molar-refractivity contribution in [1.82, 2.24) is 20.1 Å². The van der Waals surface area contributed by atoms with Crippen molar-refractivity contribution in [3.8, 4) is 0 Å². The quantitative estimate of drug-likeness (QED) is 0.925. The highest BCUT2D eigenvalue weighted by atomic mass is 16.4. The molecule has 0 aromatic carbocycles. The molecule has 0 bridgehead atoms. The third kappa shape index (κ3) is 3.22. The summed E-state index contributed by atoms with van der Waals surface area (Å²) in [5, 5.41) is 2.99. The van der Waals surface area contributed by atoms with E-state index in [0.717, 1.165) is 24.6 Å². The number of urea groups is 1. The summed E-state index contributed by atoms with van der Waals surface area (Å²) in [5.74, 6) is 2.10. The third-order valence-corrected chi connectivity index (χ3v) is 5.38. The van der Waals surface area contributed by atoms with Crippen LogP contribution in [0.3, 0.4) is 0 Å². The highest BCUT2D eigenvalue weighted by molar-refractivity contribution is 5.74. The Bertz CT molecular complexity index is 563. The number of likely N-dealkylation sites (tertiary alicyclic amines) is 2. The highest BCUT2D eigenvalue weighted by Crippen LogP contribution is 2.39. The van der Waals surface area contributed by atoms with Crippen LogP contribution in [-0.4, -0.2) is 52.5 Å². The number of nitrogens with zero attached hydrogens (tertiary/aromatic N) is 3. The average molecular weight is 318 g/mol. The molecular weight excluding hydrogens is 292 g/mol. The molecule has 0 spiro atoms. The second-order valence-corrected chi connectivity index (χ2v) is 7.23. The van der Waals surface area contributed by atoms with E-state index in [4.69, 9.17) is 4.42 Å². The second kappa shape index (κ2) is 6.15. The molecule has 4 rings (SSSR count). The predicted molar refractivity (Wildman–Crippen MR) is 86.1 cm³/mol. The summed E-state index contributed by atoms with van der Waals surface area (Å²) in [7, 11) is 0. The van der Waals surface area contributed by atoms with Crippen LogP contribution in [0.2, 0.25) is 0 Å². The van der Waals surface area contributed by atoms with Crippen LogP contribution in [0.4, 0.5) is 4.79 Å². The number of carbonyl (C=O) groups is 1. The molecule has 1 aromatic rings. The van der Waals surface area contributed by atoms with Crippen molar-refractivity contribution in [2.75, 3.05) is 19.6 Å². The van der Waals surface area contributed by atoms with Gasteiger partial charge in [-0.1, -0.05) is 0 Å². The Labute approximate surface area is 137 Å². The van der Waals surface area contributed by atoms with Gasteiger partial charge in [-0.25, -0.2) is 9.78 Å². The smallest absolute Gasteiger partial charge is 0.318 e. The van der Waals surface area contributed by atoms with Crippen LogP contribution in [0.25, 0.3) is 0 Å². The first-order chi connectivity index (χ1) is 11.2. The van der Waals surface area contributed by atoms with E-state index in [2.05, 4.69) is 22.1 Å². The lowest BCUT2D eigenvalue weighted by Crippen LogP contribution is -2.43. The van der Waals surface area contributed by atoms with Crippen molar-refractivity contribution < 1.29 is 9.21 Å². The molecule has 3 aliphatic rings. The number of amides is 2. The maximum atomic E-state index is 12.5. The van der Waals surface area contributed by atoms with Gasteiger partial charge in [-0.3, -0.25) is 4.90 Å². The first-order valence-corrected chi connectivity index (χ1v) is 8.94. The topological polar surface area (TPSA) is 61.6 Å². The van der Waals surface area contributed by atoms with Crippen LogP contribution < -0.4 is 5.32 Å². The largest absolute Gasteiger partial charge is 0.444 e. The lowest BCUT2D eigenvalue weighted by atomic mass is 10.2. The van der Waals surface area contributed by atoms with Gasteiger partial charge in [-0.2, -0.15) is 0 Å². The number of oxazole rings is 1. The molecule has 1 aliphatic carbocycles. The van der Waals surface area contributed by atoms with Gasteiger partial charge in [-0.05, 0) is 52.1 Å². The second-order valence-electron chi connectivity index (χ2n) is 7.23. The zero-order chi connectivity index (χ0) is 15.8. The van der Waals surface area contributed by atoms with E-state index in [1.54, 1.807) is 6.20 Å². The maximum absolute atomic E-state index is 12.5. The fourth-order valence-corrected chi connectivity index (χ4v) is 3.84. The number of hydrogen-bond acceptors (Lipinski definition) is 4. The fourth-order valence-electron chi connectivity index (χ4n) is 3.84. The van der Waals surface area contributed by atoms with Crippen molar-refractivity contribution in [1.29, 1.82) is 0 Å². The SMILES string of the molecule is C[C@@H]1C[C@@H](N2CCCC2)CN1C(=O)NCc1cnc(C2CC2)o1.